The average molecular weight is 471 g/mol. The zero-order chi connectivity index (χ0) is 24.3. The number of nitrogens with zero attached hydrogens (tertiary/aromatic N) is 1. The van der Waals surface area contributed by atoms with Gasteiger partial charge in [-0.3, -0.25) is 4.79 Å². The Morgan fingerprint density at radius 3 is 2.09 bits per heavy atom. The van der Waals surface area contributed by atoms with Gasteiger partial charge in [0.05, 0.1) is 4.90 Å². The van der Waals surface area contributed by atoms with Crippen molar-refractivity contribution in [2.45, 2.75) is 32.6 Å². The van der Waals surface area contributed by atoms with Crippen molar-refractivity contribution in [1.82, 2.24) is 4.57 Å². The standard InChI is InChI=1S/C24H26N2O6S/c1-15-9-16(2)11-20(10-15)31-14-24(28)32-13-23(27)22-12-17(3)26(18(22)4)19-5-7-21(8-6-19)33(25,29)30/h5-12H,13-14H2,1-4H3,(H2,25,29,30). The predicted molar refractivity (Wildman–Crippen MR) is 123 cm³/mol. The summed E-state index contributed by atoms with van der Waals surface area (Å²) in [6, 6.07) is 13.4. The molecule has 0 amide bonds. The number of esters is 1. The first kappa shape index (κ1) is 24.2. The van der Waals surface area contributed by atoms with Crippen LogP contribution in [0.25, 0.3) is 5.69 Å². The van der Waals surface area contributed by atoms with Gasteiger partial charge in [-0.05, 0) is 81.3 Å². The molecular formula is C24H26N2O6S. The van der Waals surface area contributed by atoms with E-state index in [2.05, 4.69) is 0 Å². The van der Waals surface area contributed by atoms with Gasteiger partial charge in [0.25, 0.3) is 0 Å². The molecule has 0 fully saturated rings. The van der Waals surface area contributed by atoms with Crippen LogP contribution in [0.5, 0.6) is 5.75 Å². The van der Waals surface area contributed by atoms with Gasteiger partial charge in [-0.1, -0.05) is 6.07 Å². The number of nitrogens with two attached hydrogens (primary N) is 1. The van der Waals surface area contributed by atoms with E-state index in [1.165, 1.54) is 12.1 Å². The normalized spacial score (nSPS) is 11.3. The number of aromatic nitrogens is 1. The van der Waals surface area contributed by atoms with Crippen LogP contribution in [-0.4, -0.2) is 38.0 Å². The van der Waals surface area contributed by atoms with E-state index in [1.54, 1.807) is 25.1 Å². The number of ether oxygens (including phenoxy) is 2. The molecule has 0 aliphatic carbocycles. The highest BCUT2D eigenvalue weighted by Gasteiger charge is 2.19. The molecule has 2 aromatic carbocycles. The van der Waals surface area contributed by atoms with E-state index in [9.17, 15) is 18.0 Å². The van der Waals surface area contributed by atoms with Crippen LogP contribution in [0.2, 0.25) is 0 Å². The van der Waals surface area contributed by atoms with Crippen LogP contribution in [-0.2, 0) is 19.6 Å². The highest BCUT2D eigenvalue weighted by Crippen LogP contribution is 2.22. The van der Waals surface area contributed by atoms with Gasteiger partial charge in [-0.15, -0.1) is 0 Å². The number of rotatable bonds is 8. The van der Waals surface area contributed by atoms with Crippen LogP contribution in [0.1, 0.15) is 32.9 Å². The lowest BCUT2D eigenvalue weighted by atomic mass is 10.1. The SMILES string of the molecule is Cc1cc(C)cc(OCC(=O)OCC(=O)c2cc(C)n(-c3ccc(S(N)(=O)=O)cc3)c2C)c1. The molecule has 0 bridgehead atoms. The maximum absolute atomic E-state index is 12.7. The predicted octanol–water partition coefficient (Wildman–Crippen LogP) is 3.16. The van der Waals surface area contributed by atoms with E-state index in [0.29, 0.717) is 22.7 Å². The third kappa shape index (κ3) is 5.88. The second kappa shape index (κ2) is 9.60. The molecule has 0 aliphatic rings. The molecule has 8 nitrogen and oxygen atoms in total. The molecule has 0 unspecified atom stereocenters. The average Bonchev–Trinajstić information content (AvgIpc) is 3.03. The van der Waals surface area contributed by atoms with Gasteiger partial charge >= 0.3 is 5.97 Å². The number of hydrogen-bond donors (Lipinski definition) is 1. The maximum atomic E-state index is 12.7. The number of benzene rings is 2. The Labute approximate surface area is 193 Å². The number of sulfonamides is 1. The summed E-state index contributed by atoms with van der Waals surface area (Å²) < 4.78 is 35.3. The fraction of sp³-hybridized carbons (Fsp3) is 0.250. The Balaban J connectivity index is 1.65. The topological polar surface area (TPSA) is 118 Å². The number of carbonyl (C=O) groups excluding carboxylic acids is 2. The van der Waals surface area contributed by atoms with Crippen LogP contribution in [0.4, 0.5) is 0 Å². The summed E-state index contributed by atoms with van der Waals surface area (Å²) in [4.78, 5) is 24.7. The Morgan fingerprint density at radius 1 is 0.909 bits per heavy atom. The van der Waals surface area contributed by atoms with Crippen LogP contribution >= 0.6 is 0 Å². The Kier molecular flexibility index (Phi) is 7.04. The number of aryl methyl sites for hydroxylation is 3. The van der Waals surface area contributed by atoms with Crippen LogP contribution in [0.15, 0.2) is 53.4 Å². The first-order valence-electron chi connectivity index (χ1n) is 10.2. The summed E-state index contributed by atoms with van der Waals surface area (Å²) in [6.45, 7) is 6.73. The second-order valence-corrected chi connectivity index (χ2v) is 9.42. The van der Waals surface area contributed by atoms with Gasteiger partial charge in [0.2, 0.25) is 15.8 Å². The van der Waals surface area contributed by atoms with E-state index in [-0.39, 0.29) is 17.3 Å². The minimum Gasteiger partial charge on any atom is -0.482 e. The highest BCUT2D eigenvalue weighted by atomic mass is 32.2. The molecule has 0 aliphatic heterocycles. The molecule has 0 saturated heterocycles. The van der Waals surface area contributed by atoms with E-state index >= 15 is 0 Å². The third-order valence-corrected chi connectivity index (χ3v) is 6.00. The van der Waals surface area contributed by atoms with Crippen molar-refractivity contribution in [2.24, 2.45) is 5.14 Å². The van der Waals surface area contributed by atoms with Crippen LogP contribution in [0, 0.1) is 27.7 Å². The molecule has 3 aromatic rings. The summed E-state index contributed by atoms with van der Waals surface area (Å²) in [5, 5.41) is 5.14. The molecule has 0 atom stereocenters. The van der Waals surface area contributed by atoms with E-state index in [4.69, 9.17) is 14.6 Å². The molecule has 0 radical (unpaired) electrons. The minimum absolute atomic E-state index is 0.0000303. The quantitative estimate of drug-likeness (QED) is 0.399. The number of Topliss-reactive ketones (excluding diaryl/α,β-unsaturated/α-hetero) is 1. The van der Waals surface area contributed by atoms with Crippen molar-refractivity contribution < 1.29 is 27.5 Å². The molecule has 33 heavy (non-hydrogen) atoms. The van der Waals surface area contributed by atoms with Gasteiger partial charge in [-0.2, -0.15) is 0 Å². The van der Waals surface area contributed by atoms with Gasteiger partial charge in [0, 0.05) is 22.6 Å². The number of primary sulfonamides is 1. The minimum atomic E-state index is -3.79. The number of ketones is 1. The molecule has 0 saturated carbocycles. The first-order chi connectivity index (χ1) is 15.5. The second-order valence-electron chi connectivity index (χ2n) is 7.86. The smallest absolute Gasteiger partial charge is 0.344 e. The molecule has 3 rings (SSSR count). The zero-order valence-electron chi connectivity index (χ0n) is 18.9. The van der Waals surface area contributed by atoms with Crippen molar-refractivity contribution in [3.8, 4) is 11.4 Å². The van der Waals surface area contributed by atoms with Crippen molar-refractivity contribution in [2.75, 3.05) is 13.2 Å². The van der Waals surface area contributed by atoms with E-state index in [1.807, 2.05) is 43.5 Å². The molecule has 2 N–H and O–H groups in total. The van der Waals surface area contributed by atoms with Crippen molar-refractivity contribution >= 4 is 21.8 Å². The van der Waals surface area contributed by atoms with Gasteiger partial charge in [-0.25, -0.2) is 18.4 Å². The lowest BCUT2D eigenvalue weighted by Gasteiger charge is -2.11. The molecule has 9 heteroatoms. The van der Waals surface area contributed by atoms with Gasteiger partial charge in [0.1, 0.15) is 5.75 Å². The Hall–Kier alpha value is -3.43. The number of hydrogen-bond acceptors (Lipinski definition) is 6. The molecular weight excluding hydrogens is 444 g/mol. The summed E-state index contributed by atoms with van der Waals surface area (Å²) >= 11 is 0. The lowest BCUT2D eigenvalue weighted by molar-refractivity contribution is -0.144. The summed E-state index contributed by atoms with van der Waals surface area (Å²) in [7, 11) is -3.79. The molecule has 174 valence electrons. The molecule has 1 aromatic heterocycles. The van der Waals surface area contributed by atoms with Crippen LogP contribution in [0.3, 0.4) is 0 Å². The number of carbonyl (C=O) groups is 2. The van der Waals surface area contributed by atoms with Crippen molar-refractivity contribution in [3.05, 3.63) is 76.6 Å². The van der Waals surface area contributed by atoms with Crippen molar-refractivity contribution in [3.63, 3.8) is 0 Å². The summed E-state index contributed by atoms with van der Waals surface area (Å²) in [5.41, 5.74) is 4.53. The largest absolute Gasteiger partial charge is 0.482 e. The van der Waals surface area contributed by atoms with E-state index in [0.717, 1.165) is 16.8 Å². The van der Waals surface area contributed by atoms with Gasteiger partial charge < -0.3 is 14.0 Å². The zero-order valence-corrected chi connectivity index (χ0v) is 19.7. The Morgan fingerprint density at radius 2 is 1.52 bits per heavy atom. The third-order valence-electron chi connectivity index (χ3n) is 5.07. The van der Waals surface area contributed by atoms with E-state index < -0.39 is 22.6 Å². The maximum Gasteiger partial charge on any atom is 0.344 e. The first-order valence-corrected chi connectivity index (χ1v) is 11.7. The van der Waals surface area contributed by atoms with Gasteiger partial charge in [0.15, 0.2) is 13.2 Å². The van der Waals surface area contributed by atoms with Crippen molar-refractivity contribution in [1.29, 1.82) is 0 Å². The Bertz CT molecular complexity index is 1290. The molecule has 0 spiro atoms. The lowest BCUT2D eigenvalue weighted by Crippen LogP contribution is -2.20. The summed E-state index contributed by atoms with van der Waals surface area (Å²) in [6.07, 6.45) is 0. The fourth-order valence-electron chi connectivity index (χ4n) is 3.65. The monoisotopic (exact) mass is 470 g/mol. The van der Waals surface area contributed by atoms with Crippen LogP contribution < -0.4 is 9.88 Å². The highest BCUT2D eigenvalue weighted by molar-refractivity contribution is 7.89. The summed E-state index contributed by atoms with van der Waals surface area (Å²) in [5.74, 6) is -0.432. The fourth-order valence-corrected chi connectivity index (χ4v) is 4.17. The molecule has 1 heterocycles.